The number of unbranched alkanes of at least 4 members (excludes halogenated alkanes) is 2. The summed E-state index contributed by atoms with van der Waals surface area (Å²) in [6, 6.07) is 6.22. The Kier molecular flexibility index (Phi) is 5.97. The molecule has 4 N–H and O–H groups in total. The third-order valence-electron chi connectivity index (χ3n) is 5.62. The third kappa shape index (κ3) is 4.52. The van der Waals surface area contributed by atoms with E-state index in [1.54, 1.807) is 17.0 Å². The quantitative estimate of drug-likeness (QED) is 0.619. The third-order valence-corrected chi connectivity index (χ3v) is 5.62. The number of nitrogens with one attached hydrogen (secondary N) is 2. The van der Waals surface area contributed by atoms with Crippen molar-refractivity contribution in [2.24, 2.45) is 5.73 Å². The number of nitrogens with zero attached hydrogens (tertiary/aromatic N) is 2. The Balaban J connectivity index is 1.42. The van der Waals surface area contributed by atoms with E-state index in [-0.39, 0.29) is 18.0 Å². The van der Waals surface area contributed by atoms with Crippen molar-refractivity contribution < 1.29 is 9.18 Å². The standard InChI is InChI=1S/C22H28FN5O/c23-18-6-4-16(5-7-18)20-14-17-15-28(22(29)26-21(17)25-20)19-8-12-27(13-9-19)11-3-1-2-10-24/h4-8,14-15,21,25H,1-3,9-13,24H2,(H,26,29). The van der Waals surface area contributed by atoms with E-state index in [2.05, 4.69) is 21.6 Å². The van der Waals surface area contributed by atoms with Crippen LogP contribution in [-0.2, 0) is 0 Å². The minimum atomic E-state index is -0.263. The zero-order chi connectivity index (χ0) is 20.2. The number of hydrogen-bond acceptors (Lipinski definition) is 4. The molecule has 3 aliphatic heterocycles. The van der Waals surface area contributed by atoms with E-state index < -0.39 is 0 Å². The molecule has 0 radical (unpaired) electrons. The van der Waals surface area contributed by atoms with Crippen molar-refractivity contribution >= 4 is 11.7 Å². The SMILES string of the molecule is NCCCCCN1CC=C(N2C=C3C=C(c4ccc(F)cc4)NC3NC2=O)CC1. The topological polar surface area (TPSA) is 73.6 Å². The minimum Gasteiger partial charge on any atom is -0.361 e. The van der Waals surface area contributed by atoms with Gasteiger partial charge in [0.2, 0.25) is 0 Å². The molecule has 0 bridgehead atoms. The number of urea groups is 1. The molecule has 0 saturated heterocycles. The first-order chi connectivity index (χ1) is 14.1. The number of carbonyl (C=O) groups excluding carboxylic acids is 1. The number of hydrogen-bond donors (Lipinski definition) is 3. The second-order valence-corrected chi connectivity index (χ2v) is 7.69. The highest BCUT2D eigenvalue weighted by Crippen LogP contribution is 2.28. The number of halogens is 1. The second-order valence-electron chi connectivity index (χ2n) is 7.69. The van der Waals surface area contributed by atoms with Crippen molar-refractivity contribution in [2.45, 2.75) is 31.8 Å². The van der Waals surface area contributed by atoms with E-state index in [0.717, 1.165) is 61.6 Å². The van der Waals surface area contributed by atoms with Gasteiger partial charge >= 0.3 is 6.03 Å². The molecule has 6 nitrogen and oxygen atoms in total. The fourth-order valence-corrected chi connectivity index (χ4v) is 3.95. The Hall–Kier alpha value is -2.64. The zero-order valence-corrected chi connectivity index (χ0v) is 16.5. The molecule has 7 heteroatoms. The van der Waals surface area contributed by atoms with Gasteiger partial charge in [-0.15, -0.1) is 0 Å². The summed E-state index contributed by atoms with van der Waals surface area (Å²) in [5.41, 5.74) is 9.35. The van der Waals surface area contributed by atoms with Crippen LogP contribution in [0.4, 0.5) is 9.18 Å². The summed E-state index contributed by atoms with van der Waals surface area (Å²) < 4.78 is 13.2. The van der Waals surface area contributed by atoms with Crippen LogP contribution in [0.25, 0.3) is 5.70 Å². The first-order valence-electron chi connectivity index (χ1n) is 10.3. The first kappa shape index (κ1) is 19.7. The van der Waals surface area contributed by atoms with Crippen molar-refractivity contribution in [3.05, 3.63) is 65.3 Å². The molecule has 0 spiro atoms. The highest BCUT2D eigenvalue weighted by Gasteiger charge is 2.32. The summed E-state index contributed by atoms with van der Waals surface area (Å²) in [4.78, 5) is 16.8. The molecule has 3 heterocycles. The van der Waals surface area contributed by atoms with Crippen LogP contribution in [0.3, 0.4) is 0 Å². The largest absolute Gasteiger partial charge is 0.361 e. The van der Waals surface area contributed by atoms with Gasteiger partial charge in [0, 0.05) is 42.7 Å². The molecular weight excluding hydrogens is 369 g/mol. The Bertz CT molecular complexity index is 845. The lowest BCUT2D eigenvalue weighted by Gasteiger charge is -2.34. The van der Waals surface area contributed by atoms with Gasteiger partial charge in [-0.1, -0.05) is 24.6 Å². The average Bonchev–Trinajstić information content (AvgIpc) is 3.14. The maximum absolute atomic E-state index is 13.2. The molecule has 1 unspecified atom stereocenters. The lowest BCUT2D eigenvalue weighted by molar-refractivity contribution is 0.210. The Labute approximate surface area is 170 Å². The van der Waals surface area contributed by atoms with Crippen LogP contribution in [0.15, 0.2) is 53.9 Å². The van der Waals surface area contributed by atoms with Gasteiger partial charge in [0.25, 0.3) is 0 Å². The monoisotopic (exact) mass is 397 g/mol. The summed E-state index contributed by atoms with van der Waals surface area (Å²) in [6.07, 6.45) is 10.1. The molecule has 0 aliphatic carbocycles. The van der Waals surface area contributed by atoms with Gasteiger partial charge in [0.15, 0.2) is 0 Å². The predicted octanol–water partition coefficient (Wildman–Crippen LogP) is 2.72. The fourth-order valence-electron chi connectivity index (χ4n) is 3.95. The number of fused-ring (bicyclic) bond motifs is 1. The van der Waals surface area contributed by atoms with Crippen LogP contribution in [0.1, 0.15) is 31.2 Å². The van der Waals surface area contributed by atoms with Crippen molar-refractivity contribution in [1.29, 1.82) is 0 Å². The summed E-state index contributed by atoms with van der Waals surface area (Å²) >= 11 is 0. The van der Waals surface area contributed by atoms with Crippen LogP contribution in [0, 0.1) is 5.82 Å². The van der Waals surface area contributed by atoms with Gasteiger partial charge in [-0.3, -0.25) is 9.80 Å². The molecule has 3 aliphatic rings. The fraction of sp³-hybridized carbons (Fsp3) is 0.409. The molecule has 1 atom stereocenters. The van der Waals surface area contributed by atoms with Gasteiger partial charge in [-0.05, 0) is 49.7 Å². The number of carbonyl (C=O) groups is 1. The molecule has 154 valence electrons. The molecule has 0 aromatic heterocycles. The van der Waals surface area contributed by atoms with Crippen LogP contribution < -0.4 is 16.4 Å². The molecule has 29 heavy (non-hydrogen) atoms. The van der Waals surface area contributed by atoms with E-state index >= 15 is 0 Å². The van der Waals surface area contributed by atoms with E-state index in [4.69, 9.17) is 5.73 Å². The average molecular weight is 397 g/mol. The second kappa shape index (κ2) is 8.80. The maximum atomic E-state index is 13.2. The molecule has 0 saturated carbocycles. The Morgan fingerprint density at radius 1 is 1.14 bits per heavy atom. The highest BCUT2D eigenvalue weighted by atomic mass is 19.1. The Morgan fingerprint density at radius 2 is 1.97 bits per heavy atom. The number of rotatable bonds is 7. The molecule has 0 fully saturated rings. The predicted molar refractivity (Wildman–Crippen MR) is 112 cm³/mol. The lowest BCUT2D eigenvalue weighted by Crippen LogP contribution is -2.51. The van der Waals surface area contributed by atoms with E-state index in [9.17, 15) is 9.18 Å². The van der Waals surface area contributed by atoms with Gasteiger partial charge < -0.3 is 16.4 Å². The number of benzene rings is 1. The minimum absolute atomic E-state index is 0.123. The van der Waals surface area contributed by atoms with E-state index in [1.807, 2.05) is 12.3 Å². The van der Waals surface area contributed by atoms with Crippen molar-refractivity contribution in [3.8, 4) is 0 Å². The van der Waals surface area contributed by atoms with Crippen LogP contribution in [-0.4, -0.2) is 48.2 Å². The van der Waals surface area contributed by atoms with Crippen molar-refractivity contribution in [3.63, 3.8) is 0 Å². The molecular formula is C22H28FN5O. The summed E-state index contributed by atoms with van der Waals surface area (Å²) in [5.74, 6) is -0.263. The van der Waals surface area contributed by atoms with Gasteiger partial charge in [-0.25, -0.2) is 9.18 Å². The van der Waals surface area contributed by atoms with E-state index in [1.165, 1.54) is 25.0 Å². The summed E-state index contributed by atoms with van der Waals surface area (Å²) in [7, 11) is 0. The van der Waals surface area contributed by atoms with E-state index in [0.29, 0.717) is 0 Å². The number of amides is 2. The maximum Gasteiger partial charge on any atom is 0.327 e. The normalized spacial score (nSPS) is 21.7. The van der Waals surface area contributed by atoms with Gasteiger partial charge in [0.1, 0.15) is 12.0 Å². The smallest absolute Gasteiger partial charge is 0.327 e. The van der Waals surface area contributed by atoms with Crippen LogP contribution in [0.5, 0.6) is 0 Å². The molecule has 4 rings (SSSR count). The number of nitrogens with two attached hydrogens (primary N) is 1. The van der Waals surface area contributed by atoms with Crippen LogP contribution in [0.2, 0.25) is 0 Å². The summed E-state index contributed by atoms with van der Waals surface area (Å²) in [6.45, 7) is 3.66. The Morgan fingerprint density at radius 3 is 2.69 bits per heavy atom. The molecule has 2 amide bonds. The zero-order valence-electron chi connectivity index (χ0n) is 16.5. The van der Waals surface area contributed by atoms with Crippen molar-refractivity contribution in [1.82, 2.24) is 20.4 Å². The molecule has 1 aromatic rings. The lowest BCUT2D eigenvalue weighted by atomic mass is 10.1. The van der Waals surface area contributed by atoms with Gasteiger partial charge in [0.05, 0.1) is 0 Å². The van der Waals surface area contributed by atoms with Crippen LogP contribution >= 0.6 is 0 Å². The van der Waals surface area contributed by atoms with Gasteiger partial charge in [-0.2, -0.15) is 0 Å². The first-order valence-corrected chi connectivity index (χ1v) is 10.3. The highest BCUT2D eigenvalue weighted by molar-refractivity contribution is 5.83. The summed E-state index contributed by atoms with van der Waals surface area (Å²) in [5, 5.41) is 6.31. The molecule has 1 aromatic carbocycles. The van der Waals surface area contributed by atoms with Crippen molar-refractivity contribution in [2.75, 3.05) is 26.2 Å².